The van der Waals surface area contributed by atoms with Crippen LogP contribution >= 0.6 is 27.5 Å². The average Bonchev–Trinajstić information content (AvgIpc) is 3.24. The Morgan fingerprint density at radius 3 is 2.53 bits per heavy atom. The van der Waals surface area contributed by atoms with Crippen LogP contribution in [0.15, 0.2) is 71.2 Å². The molecule has 7 nitrogen and oxygen atoms in total. The van der Waals surface area contributed by atoms with Crippen LogP contribution in [0, 0.1) is 5.92 Å². The highest BCUT2D eigenvalue weighted by molar-refractivity contribution is 9.10. The Morgan fingerprint density at radius 2 is 1.82 bits per heavy atom. The maximum absolute atomic E-state index is 12.7. The van der Waals surface area contributed by atoms with E-state index >= 15 is 0 Å². The van der Waals surface area contributed by atoms with E-state index in [1.165, 1.54) is 0 Å². The van der Waals surface area contributed by atoms with E-state index in [2.05, 4.69) is 26.8 Å². The minimum atomic E-state index is -0.451. The number of hydrogen-bond acceptors (Lipinski definition) is 5. The molecule has 1 atom stereocenters. The molecule has 176 valence electrons. The third-order valence-electron chi connectivity index (χ3n) is 5.44. The molecule has 1 heterocycles. The SMILES string of the molecule is COc1cc(NNC(=O)[C@@H]2CC(=O)N(c3ccc(Br)cc3)C2)ccc1OCc1ccc(Cl)cc1. The summed E-state index contributed by atoms with van der Waals surface area (Å²) in [6.45, 7) is 0.691. The zero-order valence-corrected chi connectivity index (χ0v) is 20.7. The number of rotatable bonds is 8. The lowest BCUT2D eigenvalue weighted by Gasteiger charge is -2.17. The molecule has 4 rings (SSSR count). The minimum absolute atomic E-state index is 0.0775. The number of nitrogens with one attached hydrogen (secondary N) is 2. The van der Waals surface area contributed by atoms with Gasteiger partial charge in [-0.2, -0.15) is 0 Å². The minimum Gasteiger partial charge on any atom is -0.493 e. The monoisotopic (exact) mass is 543 g/mol. The number of hydrogen-bond donors (Lipinski definition) is 2. The Morgan fingerprint density at radius 1 is 1.09 bits per heavy atom. The molecule has 1 aliphatic heterocycles. The summed E-state index contributed by atoms with van der Waals surface area (Å²) in [4.78, 5) is 26.7. The van der Waals surface area contributed by atoms with Crippen LogP contribution < -0.4 is 25.2 Å². The lowest BCUT2D eigenvalue weighted by atomic mass is 10.1. The van der Waals surface area contributed by atoms with Gasteiger partial charge in [0.2, 0.25) is 11.8 Å². The first kappa shape index (κ1) is 23.9. The number of benzene rings is 3. The maximum atomic E-state index is 12.7. The van der Waals surface area contributed by atoms with Crippen molar-refractivity contribution < 1.29 is 19.1 Å². The third kappa shape index (κ3) is 5.81. The smallest absolute Gasteiger partial charge is 0.243 e. The second-order valence-corrected chi connectivity index (χ2v) is 9.13. The first-order chi connectivity index (χ1) is 16.4. The van der Waals surface area contributed by atoms with Gasteiger partial charge in [-0.3, -0.25) is 20.4 Å². The van der Waals surface area contributed by atoms with E-state index in [9.17, 15) is 9.59 Å². The number of amides is 2. The van der Waals surface area contributed by atoms with Gasteiger partial charge in [0.15, 0.2) is 11.5 Å². The van der Waals surface area contributed by atoms with E-state index in [-0.39, 0.29) is 18.2 Å². The van der Waals surface area contributed by atoms with E-state index in [4.69, 9.17) is 21.1 Å². The average molecular weight is 545 g/mol. The quantitative estimate of drug-likeness (QED) is 0.382. The first-order valence-electron chi connectivity index (χ1n) is 10.6. The van der Waals surface area contributed by atoms with Gasteiger partial charge in [0, 0.05) is 34.2 Å². The molecule has 3 aromatic carbocycles. The van der Waals surface area contributed by atoms with Gasteiger partial charge in [0.05, 0.1) is 18.7 Å². The van der Waals surface area contributed by atoms with Crippen LogP contribution in [0.5, 0.6) is 11.5 Å². The predicted molar refractivity (Wildman–Crippen MR) is 135 cm³/mol. The van der Waals surface area contributed by atoms with Crippen molar-refractivity contribution >= 4 is 50.7 Å². The van der Waals surface area contributed by atoms with Crippen LogP contribution in [-0.2, 0) is 16.2 Å². The Labute approximate surface area is 211 Å². The summed E-state index contributed by atoms with van der Waals surface area (Å²) in [7, 11) is 1.55. The number of ether oxygens (including phenoxy) is 2. The van der Waals surface area contributed by atoms with Crippen molar-refractivity contribution in [1.29, 1.82) is 0 Å². The van der Waals surface area contributed by atoms with Crippen LogP contribution in [0.25, 0.3) is 0 Å². The second-order valence-electron chi connectivity index (χ2n) is 7.78. The topological polar surface area (TPSA) is 79.9 Å². The van der Waals surface area contributed by atoms with Gasteiger partial charge in [0.1, 0.15) is 6.61 Å². The third-order valence-corrected chi connectivity index (χ3v) is 6.22. The van der Waals surface area contributed by atoms with Crippen molar-refractivity contribution in [3.8, 4) is 11.5 Å². The molecule has 3 aromatic rings. The van der Waals surface area contributed by atoms with Gasteiger partial charge in [-0.25, -0.2) is 0 Å². The molecule has 2 amide bonds. The molecular weight excluding hydrogens is 522 g/mol. The van der Waals surface area contributed by atoms with Gasteiger partial charge in [-0.1, -0.05) is 39.7 Å². The molecule has 2 N–H and O–H groups in total. The lowest BCUT2D eigenvalue weighted by molar-refractivity contribution is -0.125. The summed E-state index contributed by atoms with van der Waals surface area (Å²) in [6, 6.07) is 20.1. The Kier molecular flexibility index (Phi) is 7.59. The van der Waals surface area contributed by atoms with Crippen LogP contribution in [0.3, 0.4) is 0 Å². The fraction of sp³-hybridized carbons (Fsp3) is 0.200. The lowest BCUT2D eigenvalue weighted by Crippen LogP contribution is -2.36. The van der Waals surface area contributed by atoms with Gasteiger partial charge >= 0.3 is 0 Å². The standard InChI is InChI=1S/C25H23BrClN3O4/c1-33-23-13-20(8-11-22(23)34-15-16-2-6-19(27)7-3-16)28-29-25(32)17-12-24(31)30(14-17)21-9-4-18(26)5-10-21/h2-11,13,17,28H,12,14-15H2,1H3,(H,29,32)/t17-/m1/s1. The molecular formula is C25H23BrClN3O4. The van der Waals surface area contributed by atoms with Gasteiger partial charge in [0.25, 0.3) is 0 Å². The molecule has 1 saturated heterocycles. The highest BCUT2D eigenvalue weighted by Crippen LogP contribution is 2.31. The number of anilines is 2. The molecule has 0 bridgehead atoms. The molecule has 1 fully saturated rings. The van der Waals surface area contributed by atoms with E-state index in [1.54, 1.807) is 30.2 Å². The van der Waals surface area contributed by atoms with Gasteiger partial charge in [-0.15, -0.1) is 0 Å². The van der Waals surface area contributed by atoms with Crippen LogP contribution in [0.4, 0.5) is 11.4 Å². The molecule has 9 heteroatoms. The van der Waals surface area contributed by atoms with Crippen molar-refractivity contribution in [2.24, 2.45) is 5.92 Å². The summed E-state index contributed by atoms with van der Waals surface area (Å²) >= 11 is 9.30. The fourth-order valence-electron chi connectivity index (χ4n) is 3.60. The van der Waals surface area contributed by atoms with E-state index < -0.39 is 5.92 Å². The fourth-order valence-corrected chi connectivity index (χ4v) is 3.99. The summed E-state index contributed by atoms with van der Waals surface area (Å²) in [5.41, 5.74) is 7.96. The summed E-state index contributed by atoms with van der Waals surface area (Å²) < 4.78 is 12.2. The zero-order chi connectivity index (χ0) is 24.1. The number of carbonyl (C=O) groups excluding carboxylic acids is 2. The molecule has 34 heavy (non-hydrogen) atoms. The second kappa shape index (κ2) is 10.8. The largest absolute Gasteiger partial charge is 0.493 e. The Hall–Kier alpha value is -3.23. The van der Waals surface area contributed by atoms with E-state index in [0.29, 0.717) is 35.4 Å². The van der Waals surface area contributed by atoms with Crippen molar-refractivity contribution in [1.82, 2.24) is 5.43 Å². The number of carbonyl (C=O) groups is 2. The van der Waals surface area contributed by atoms with Crippen molar-refractivity contribution in [2.75, 3.05) is 24.0 Å². The van der Waals surface area contributed by atoms with Crippen molar-refractivity contribution in [2.45, 2.75) is 13.0 Å². The predicted octanol–water partition coefficient (Wildman–Crippen LogP) is 5.19. The molecule has 0 aromatic heterocycles. The van der Waals surface area contributed by atoms with E-state index in [0.717, 1.165) is 15.7 Å². The number of hydrazine groups is 1. The first-order valence-corrected chi connectivity index (χ1v) is 11.8. The summed E-state index contributed by atoms with van der Waals surface area (Å²) in [5.74, 6) is 0.306. The molecule has 0 spiro atoms. The molecule has 0 saturated carbocycles. The van der Waals surface area contributed by atoms with E-state index in [1.807, 2.05) is 48.5 Å². The van der Waals surface area contributed by atoms with Crippen LogP contribution in [0.1, 0.15) is 12.0 Å². The molecule has 0 unspecified atom stereocenters. The van der Waals surface area contributed by atoms with Crippen LogP contribution in [0.2, 0.25) is 5.02 Å². The summed E-state index contributed by atoms with van der Waals surface area (Å²) in [6.07, 6.45) is 0.157. The maximum Gasteiger partial charge on any atom is 0.243 e. The molecule has 1 aliphatic rings. The summed E-state index contributed by atoms with van der Waals surface area (Å²) in [5, 5.41) is 0.668. The van der Waals surface area contributed by atoms with Gasteiger partial charge in [-0.05, 0) is 54.1 Å². The van der Waals surface area contributed by atoms with Gasteiger partial charge < -0.3 is 14.4 Å². The van der Waals surface area contributed by atoms with Crippen molar-refractivity contribution in [3.63, 3.8) is 0 Å². The van der Waals surface area contributed by atoms with Crippen LogP contribution in [-0.4, -0.2) is 25.5 Å². The molecule has 0 radical (unpaired) electrons. The molecule has 0 aliphatic carbocycles. The number of nitrogens with zero attached hydrogens (tertiary/aromatic N) is 1. The number of methoxy groups -OCH3 is 1. The number of halogens is 2. The normalized spacial score (nSPS) is 15.2. The highest BCUT2D eigenvalue weighted by Gasteiger charge is 2.35. The Bertz CT molecular complexity index is 1170. The zero-order valence-electron chi connectivity index (χ0n) is 18.4. The Balaban J connectivity index is 1.33. The van der Waals surface area contributed by atoms with Crippen molar-refractivity contribution in [3.05, 3.63) is 81.8 Å². The highest BCUT2D eigenvalue weighted by atomic mass is 79.9.